The number of amides is 2. The summed E-state index contributed by atoms with van der Waals surface area (Å²) in [7, 11) is 0. The third-order valence-electron chi connectivity index (χ3n) is 4.02. The number of carbonyl (C=O) groups is 3. The number of likely N-dealkylation sites (tertiary alicyclic amines) is 1. The first-order valence-electron chi connectivity index (χ1n) is 7.26. The summed E-state index contributed by atoms with van der Waals surface area (Å²) in [5.41, 5.74) is 0.342. The van der Waals surface area contributed by atoms with Gasteiger partial charge in [-0.3, -0.25) is 14.4 Å². The van der Waals surface area contributed by atoms with Crippen molar-refractivity contribution in [2.75, 3.05) is 6.54 Å². The molecule has 1 aromatic rings. The monoisotopic (exact) mass is 308 g/mol. The van der Waals surface area contributed by atoms with Gasteiger partial charge < -0.3 is 19.7 Å². The fraction of sp³-hybridized carbons (Fsp3) is 0.533. The summed E-state index contributed by atoms with van der Waals surface area (Å²) in [6, 6.07) is 0.755. The van der Waals surface area contributed by atoms with Crippen LogP contribution < -0.4 is 5.32 Å². The largest absolute Gasteiger partial charge is 0.481 e. The van der Waals surface area contributed by atoms with E-state index in [9.17, 15) is 14.4 Å². The Morgan fingerprint density at radius 2 is 2.14 bits per heavy atom. The molecule has 0 aromatic carbocycles. The van der Waals surface area contributed by atoms with Crippen molar-refractivity contribution in [1.29, 1.82) is 0 Å². The van der Waals surface area contributed by atoms with E-state index < -0.39 is 23.8 Å². The minimum Gasteiger partial charge on any atom is -0.481 e. The molecule has 1 aliphatic rings. The number of hydrogen-bond acceptors (Lipinski definition) is 4. The van der Waals surface area contributed by atoms with Gasteiger partial charge in [0, 0.05) is 12.6 Å². The van der Waals surface area contributed by atoms with Crippen LogP contribution in [0.5, 0.6) is 0 Å². The lowest BCUT2D eigenvalue weighted by molar-refractivity contribution is -0.147. The second-order valence-corrected chi connectivity index (χ2v) is 5.66. The number of rotatable bonds is 4. The highest BCUT2D eigenvalue weighted by Gasteiger charge is 2.34. The molecular weight excluding hydrogens is 288 g/mol. The fourth-order valence-electron chi connectivity index (χ4n) is 2.60. The molecule has 0 spiro atoms. The Kier molecular flexibility index (Phi) is 4.85. The molecule has 2 rings (SSSR count). The molecule has 3 unspecified atom stereocenters. The first-order valence-corrected chi connectivity index (χ1v) is 7.26. The molecule has 120 valence electrons. The number of aliphatic carboxylic acids is 1. The molecule has 1 saturated heterocycles. The Labute approximate surface area is 128 Å². The highest BCUT2D eigenvalue weighted by Crippen LogP contribution is 2.22. The van der Waals surface area contributed by atoms with Crippen LogP contribution in [0.1, 0.15) is 37.0 Å². The molecule has 0 aliphatic carbocycles. The molecule has 3 atom stereocenters. The zero-order chi connectivity index (χ0) is 16.3. The standard InChI is InChI=1S/C15H20N2O5/c1-9-3-4-11(15(20)21)7-17(9)14(19)10(2)16-13(18)12-5-6-22-8-12/h5-6,8-11H,3-4,7H2,1-2H3,(H,16,18)(H,20,21). The van der Waals surface area contributed by atoms with Gasteiger partial charge in [-0.25, -0.2) is 0 Å². The number of nitrogens with zero attached hydrogens (tertiary/aromatic N) is 1. The molecule has 2 amide bonds. The molecule has 7 nitrogen and oxygen atoms in total. The number of carboxylic acids is 1. The number of carbonyl (C=O) groups excluding carboxylic acids is 2. The Balaban J connectivity index is 1.99. The summed E-state index contributed by atoms with van der Waals surface area (Å²) in [6.45, 7) is 3.67. The Morgan fingerprint density at radius 1 is 1.41 bits per heavy atom. The predicted molar refractivity (Wildman–Crippen MR) is 77.2 cm³/mol. The summed E-state index contributed by atoms with van der Waals surface area (Å²) in [5, 5.41) is 11.7. The zero-order valence-corrected chi connectivity index (χ0v) is 12.6. The molecule has 7 heteroatoms. The van der Waals surface area contributed by atoms with E-state index in [1.165, 1.54) is 18.6 Å². The average molecular weight is 308 g/mol. The van der Waals surface area contributed by atoms with Gasteiger partial charge in [0.15, 0.2) is 0 Å². The quantitative estimate of drug-likeness (QED) is 0.868. The van der Waals surface area contributed by atoms with Crippen LogP contribution in [0.25, 0.3) is 0 Å². The zero-order valence-electron chi connectivity index (χ0n) is 12.6. The molecule has 0 radical (unpaired) electrons. The molecule has 22 heavy (non-hydrogen) atoms. The third kappa shape index (κ3) is 3.47. The van der Waals surface area contributed by atoms with E-state index >= 15 is 0 Å². The van der Waals surface area contributed by atoms with Crippen LogP contribution in [0, 0.1) is 5.92 Å². The number of hydrogen-bond donors (Lipinski definition) is 2. The summed E-state index contributed by atoms with van der Waals surface area (Å²) >= 11 is 0. The maximum Gasteiger partial charge on any atom is 0.308 e. The van der Waals surface area contributed by atoms with Crippen molar-refractivity contribution in [3.05, 3.63) is 24.2 Å². The molecular formula is C15H20N2O5. The van der Waals surface area contributed by atoms with Crippen molar-refractivity contribution in [2.24, 2.45) is 5.92 Å². The fourth-order valence-corrected chi connectivity index (χ4v) is 2.60. The first-order chi connectivity index (χ1) is 10.4. The van der Waals surface area contributed by atoms with E-state index in [2.05, 4.69) is 5.32 Å². The van der Waals surface area contributed by atoms with Crippen molar-refractivity contribution in [3.8, 4) is 0 Å². The van der Waals surface area contributed by atoms with Crippen molar-refractivity contribution in [3.63, 3.8) is 0 Å². The lowest BCUT2D eigenvalue weighted by Gasteiger charge is -2.38. The normalized spacial score (nSPS) is 22.9. The second kappa shape index (κ2) is 6.64. The number of nitrogens with one attached hydrogen (secondary N) is 1. The lowest BCUT2D eigenvalue weighted by atomic mass is 9.93. The van der Waals surface area contributed by atoms with Crippen LogP contribution in [-0.2, 0) is 9.59 Å². The van der Waals surface area contributed by atoms with Gasteiger partial charge in [0.1, 0.15) is 12.3 Å². The highest BCUT2D eigenvalue weighted by atomic mass is 16.4. The highest BCUT2D eigenvalue weighted by molar-refractivity contribution is 5.97. The van der Waals surface area contributed by atoms with Gasteiger partial charge in [-0.1, -0.05) is 0 Å². The average Bonchev–Trinajstić information content (AvgIpc) is 3.01. The van der Waals surface area contributed by atoms with Crippen LogP contribution in [0.3, 0.4) is 0 Å². The van der Waals surface area contributed by atoms with E-state index in [1.807, 2.05) is 6.92 Å². The Bertz CT molecular complexity index is 554. The van der Waals surface area contributed by atoms with E-state index in [1.54, 1.807) is 11.8 Å². The van der Waals surface area contributed by atoms with Gasteiger partial charge in [-0.15, -0.1) is 0 Å². The molecule has 1 aliphatic heterocycles. The summed E-state index contributed by atoms with van der Waals surface area (Å²) in [4.78, 5) is 37.1. The van der Waals surface area contributed by atoms with Gasteiger partial charge in [0.25, 0.3) is 5.91 Å². The second-order valence-electron chi connectivity index (χ2n) is 5.66. The lowest BCUT2D eigenvalue weighted by Crippen LogP contribution is -2.54. The topological polar surface area (TPSA) is 99.9 Å². The molecule has 0 bridgehead atoms. The smallest absolute Gasteiger partial charge is 0.308 e. The maximum absolute atomic E-state index is 12.5. The summed E-state index contributed by atoms with van der Waals surface area (Å²) in [6.07, 6.45) is 3.89. The number of furan rings is 1. The molecule has 0 saturated carbocycles. The Morgan fingerprint density at radius 3 is 2.73 bits per heavy atom. The number of carboxylic acid groups (broad SMARTS) is 1. The van der Waals surface area contributed by atoms with Gasteiger partial charge in [-0.2, -0.15) is 0 Å². The van der Waals surface area contributed by atoms with Crippen molar-refractivity contribution in [2.45, 2.75) is 38.8 Å². The van der Waals surface area contributed by atoms with Crippen molar-refractivity contribution >= 4 is 17.8 Å². The SMILES string of the molecule is CC(NC(=O)c1ccoc1)C(=O)N1CC(C(=O)O)CCC1C. The molecule has 2 N–H and O–H groups in total. The molecule has 1 aromatic heterocycles. The van der Waals surface area contributed by atoms with Crippen molar-refractivity contribution < 1.29 is 23.9 Å². The third-order valence-corrected chi connectivity index (χ3v) is 4.02. The maximum atomic E-state index is 12.5. The molecule has 1 fully saturated rings. The van der Waals surface area contributed by atoms with E-state index in [0.29, 0.717) is 18.4 Å². The summed E-state index contributed by atoms with van der Waals surface area (Å²) < 4.78 is 4.83. The van der Waals surface area contributed by atoms with Crippen LogP contribution >= 0.6 is 0 Å². The first kappa shape index (κ1) is 16.1. The summed E-state index contributed by atoms with van der Waals surface area (Å²) in [5.74, 6) is -2.10. The van der Waals surface area contributed by atoms with E-state index in [4.69, 9.17) is 9.52 Å². The van der Waals surface area contributed by atoms with Gasteiger partial charge in [0.2, 0.25) is 5.91 Å². The minimum atomic E-state index is -0.889. The Hall–Kier alpha value is -2.31. The van der Waals surface area contributed by atoms with Crippen LogP contribution in [0.2, 0.25) is 0 Å². The van der Waals surface area contributed by atoms with Crippen LogP contribution in [0.15, 0.2) is 23.0 Å². The van der Waals surface area contributed by atoms with Gasteiger partial charge >= 0.3 is 5.97 Å². The van der Waals surface area contributed by atoms with Crippen LogP contribution in [-0.4, -0.2) is 46.4 Å². The van der Waals surface area contributed by atoms with E-state index in [0.717, 1.165) is 0 Å². The molecule has 2 heterocycles. The van der Waals surface area contributed by atoms with Gasteiger partial charge in [0.05, 0.1) is 17.7 Å². The minimum absolute atomic E-state index is 0.0311. The predicted octanol–water partition coefficient (Wildman–Crippen LogP) is 1.11. The van der Waals surface area contributed by atoms with Gasteiger partial charge in [-0.05, 0) is 32.8 Å². The van der Waals surface area contributed by atoms with E-state index in [-0.39, 0.29) is 18.5 Å². The number of piperidine rings is 1. The van der Waals surface area contributed by atoms with Crippen LogP contribution in [0.4, 0.5) is 0 Å². The van der Waals surface area contributed by atoms with Crippen molar-refractivity contribution in [1.82, 2.24) is 10.2 Å².